The highest BCUT2D eigenvalue weighted by molar-refractivity contribution is 5.71. The molecule has 6 heteroatoms. The summed E-state index contributed by atoms with van der Waals surface area (Å²) in [6.45, 7) is 6.50. The zero-order valence-corrected chi connectivity index (χ0v) is 48.1. The van der Waals surface area contributed by atoms with Gasteiger partial charge in [0.1, 0.15) is 13.2 Å². The summed E-state index contributed by atoms with van der Waals surface area (Å²) in [4.78, 5) is 38.0. The standard InChI is InChI=1S/C67H116O6/c1-4-7-10-13-16-18-20-22-24-26-28-29-30-31-32-33-34-35-36-37-39-40-42-44-46-48-51-54-57-60-66(69)72-63-64(62-71-65(68)59-56-53-50-15-12-9-6-3)73-67(70)61-58-55-52-49-47-45-43-41-38-27-25-23-21-19-17-14-11-8-5-2/h7,10,16,18,22-25,28-29,31-32,34-35,64H,4-6,8-9,11-15,17,19-21,26-27,30,33,36-63H2,1-3H3/b10-7-,18-16-,24-22-,25-23-,29-28-,32-31-,35-34-. The van der Waals surface area contributed by atoms with Crippen LogP contribution in [0, 0.1) is 0 Å². The lowest BCUT2D eigenvalue weighted by atomic mass is 10.0. The average Bonchev–Trinajstić information content (AvgIpc) is 3.39. The number of allylic oxidation sites excluding steroid dienone is 14. The molecule has 0 aromatic heterocycles. The summed E-state index contributed by atoms with van der Waals surface area (Å²) < 4.78 is 16.8. The first-order valence-corrected chi connectivity index (χ1v) is 31.1. The summed E-state index contributed by atoms with van der Waals surface area (Å²) in [5.74, 6) is -0.880. The Balaban J connectivity index is 4.14. The summed E-state index contributed by atoms with van der Waals surface area (Å²) in [7, 11) is 0. The van der Waals surface area contributed by atoms with Crippen molar-refractivity contribution in [2.75, 3.05) is 13.2 Å². The van der Waals surface area contributed by atoms with E-state index in [1.54, 1.807) is 0 Å². The first kappa shape index (κ1) is 69.6. The van der Waals surface area contributed by atoms with E-state index in [0.717, 1.165) is 96.3 Å². The van der Waals surface area contributed by atoms with Crippen molar-refractivity contribution >= 4 is 17.9 Å². The van der Waals surface area contributed by atoms with E-state index in [9.17, 15) is 14.4 Å². The van der Waals surface area contributed by atoms with E-state index in [1.807, 2.05) is 0 Å². The Kier molecular flexibility index (Phi) is 58.3. The van der Waals surface area contributed by atoms with Crippen molar-refractivity contribution in [1.29, 1.82) is 0 Å². The fourth-order valence-corrected chi connectivity index (χ4v) is 8.74. The van der Waals surface area contributed by atoms with Gasteiger partial charge in [-0.15, -0.1) is 0 Å². The van der Waals surface area contributed by atoms with Crippen LogP contribution in [0.5, 0.6) is 0 Å². The smallest absolute Gasteiger partial charge is 0.306 e. The van der Waals surface area contributed by atoms with E-state index in [1.165, 1.54) is 167 Å². The van der Waals surface area contributed by atoms with Gasteiger partial charge in [-0.2, -0.15) is 0 Å². The topological polar surface area (TPSA) is 78.9 Å². The molecule has 0 aliphatic carbocycles. The van der Waals surface area contributed by atoms with Gasteiger partial charge in [0.2, 0.25) is 0 Å². The molecule has 0 aliphatic rings. The molecule has 0 aromatic rings. The van der Waals surface area contributed by atoms with Crippen molar-refractivity contribution < 1.29 is 28.6 Å². The Morgan fingerprint density at radius 2 is 0.534 bits per heavy atom. The normalized spacial score (nSPS) is 12.6. The number of unbranched alkanes of at least 4 members (excludes halogenated alkanes) is 31. The lowest BCUT2D eigenvalue weighted by molar-refractivity contribution is -0.167. The van der Waals surface area contributed by atoms with E-state index in [-0.39, 0.29) is 31.1 Å². The molecule has 0 rings (SSSR count). The molecule has 0 spiro atoms. The van der Waals surface area contributed by atoms with Gasteiger partial charge in [0.05, 0.1) is 0 Å². The molecule has 0 heterocycles. The molecule has 0 N–H and O–H groups in total. The second-order valence-electron chi connectivity index (χ2n) is 20.6. The highest BCUT2D eigenvalue weighted by atomic mass is 16.6. The summed E-state index contributed by atoms with van der Waals surface area (Å²) in [6, 6.07) is 0. The number of carbonyl (C=O) groups excluding carboxylic acids is 3. The Morgan fingerprint density at radius 3 is 0.849 bits per heavy atom. The van der Waals surface area contributed by atoms with Gasteiger partial charge in [0, 0.05) is 19.3 Å². The first-order valence-electron chi connectivity index (χ1n) is 31.1. The lowest BCUT2D eigenvalue weighted by Gasteiger charge is -2.18. The maximum atomic E-state index is 12.8. The molecule has 1 unspecified atom stereocenters. The van der Waals surface area contributed by atoms with E-state index in [4.69, 9.17) is 14.2 Å². The average molecular weight is 1020 g/mol. The summed E-state index contributed by atoms with van der Waals surface area (Å²) in [5, 5.41) is 0. The highest BCUT2D eigenvalue weighted by Gasteiger charge is 2.19. The summed E-state index contributed by atoms with van der Waals surface area (Å²) in [5.41, 5.74) is 0. The molecule has 73 heavy (non-hydrogen) atoms. The predicted octanol–water partition coefficient (Wildman–Crippen LogP) is 21.1. The molecule has 0 saturated heterocycles. The third-order valence-corrected chi connectivity index (χ3v) is 13.4. The van der Waals surface area contributed by atoms with Gasteiger partial charge in [0.25, 0.3) is 0 Å². The minimum atomic E-state index is -0.776. The molecular weight excluding hydrogens is 901 g/mol. The van der Waals surface area contributed by atoms with Gasteiger partial charge in [-0.1, -0.05) is 273 Å². The van der Waals surface area contributed by atoms with Crippen LogP contribution in [-0.2, 0) is 28.6 Å². The summed E-state index contributed by atoms with van der Waals surface area (Å²) >= 11 is 0. The fourth-order valence-electron chi connectivity index (χ4n) is 8.74. The SMILES string of the molecule is CC/C=C\C/C=C\C/C=C\C/C=C\C/C=C\C/C=C\CCCCCCCCCCCCC(=O)OCC(COC(=O)CCCCCCCCC)OC(=O)CCCCCCCCCCC/C=C\CCCCCCCC. The van der Waals surface area contributed by atoms with Gasteiger partial charge in [-0.25, -0.2) is 0 Å². The minimum absolute atomic E-state index is 0.0761. The molecule has 1 atom stereocenters. The molecule has 0 aliphatic heterocycles. The highest BCUT2D eigenvalue weighted by Crippen LogP contribution is 2.16. The lowest BCUT2D eigenvalue weighted by Crippen LogP contribution is -2.30. The van der Waals surface area contributed by atoms with Crippen molar-refractivity contribution in [2.45, 2.75) is 309 Å². The van der Waals surface area contributed by atoms with Crippen LogP contribution in [0.25, 0.3) is 0 Å². The molecule has 0 fully saturated rings. The number of carbonyl (C=O) groups is 3. The Morgan fingerprint density at radius 1 is 0.288 bits per heavy atom. The largest absolute Gasteiger partial charge is 0.462 e. The van der Waals surface area contributed by atoms with Gasteiger partial charge in [-0.05, 0) is 96.3 Å². The predicted molar refractivity (Wildman–Crippen MR) is 316 cm³/mol. The van der Waals surface area contributed by atoms with Crippen LogP contribution in [0.1, 0.15) is 303 Å². The van der Waals surface area contributed by atoms with Gasteiger partial charge in [-0.3, -0.25) is 14.4 Å². The van der Waals surface area contributed by atoms with Gasteiger partial charge < -0.3 is 14.2 Å². The Bertz CT molecular complexity index is 1400. The molecule has 6 nitrogen and oxygen atoms in total. The van der Waals surface area contributed by atoms with E-state index in [0.29, 0.717) is 19.3 Å². The van der Waals surface area contributed by atoms with Crippen LogP contribution in [0.15, 0.2) is 85.1 Å². The molecule has 420 valence electrons. The van der Waals surface area contributed by atoms with E-state index < -0.39 is 6.10 Å². The van der Waals surface area contributed by atoms with Crippen LogP contribution in [0.3, 0.4) is 0 Å². The minimum Gasteiger partial charge on any atom is -0.462 e. The van der Waals surface area contributed by atoms with E-state index >= 15 is 0 Å². The zero-order valence-electron chi connectivity index (χ0n) is 48.1. The van der Waals surface area contributed by atoms with Crippen LogP contribution < -0.4 is 0 Å². The molecule has 0 radical (unpaired) electrons. The third kappa shape index (κ3) is 59.3. The van der Waals surface area contributed by atoms with Crippen molar-refractivity contribution in [3.63, 3.8) is 0 Å². The molecular formula is C67H116O6. The second kappa shape index (κ2) is 61.1. The van der Waals surface area contributed by atoms with Gasteiger partial charge in [0.15, 0.2) is 6.10 Å². The van der Waals surface area contributed by atoms with Crippen LogP contribution in [-0.4, -0.2) is 37.2 Å². The van der Waals surface area contributed by atoms with Crippen molar-refractivity contribution in [3.05, 3.63) is 85.1 Å². The van der Waals surface area contributed by atoms with Crippen LogP contribution in [0.2, 0.25) is 0 Å². The number of ether oxygens (including phenoxy) is 3. The number of esters is 3. The zero-order chi connectivity index (χ0) is 52.9. The quantitative estimate of drug-likeness (QED) is 0.0261. The number of rotatable bonds is 56. The maximum Gasteiger partial charge on any atom is 0.306 e. The number of hydrogen-bond acceptors (Lipinski definition) is 6. The van der Waals surface area contributed by atoms with Crippen LogP contribution >= 0.6 is 0 Å². The van der Waals surface area contributed by atoms with Crippen LogP contribution in [0.4, 0.5) is 0 Å². The van der Waals surface area contributed by atoms with Crippen molar-refractivity contribution in [3.8, 4) is 0 Å². The first-order chi connectivity index (χ1) is 36.0. The third-order valence-electron chi connectivity index (χ3n) is 13.4. The van der Waals surface area contributed by atoms with Crippen molar-refractivity contribution in [2.24, 2.45) is 0 Å². The molecule has 0 aromatic carbocycles. The van der Waals surface area contributed by atoms with E-state index in [2.05, 4.69) is 106 Å². The summed E-state index contributed by atoms with van der Waals surface area (Å²) in [6.07, 6.45) is 80.4. The maximum absolute atomic E-state index is 12.8. The Labute approximate surface area is 452 Å². The van der Waals surface area contributed by atoms with Crippen molar-refractivity contribution in [1.82, 2.24) is 0 Å². The molecule has 0 amide bonds. The number of hydrogen-bond donors (Lipinski definition) is 0. The molecule has 0 bridgehead atoms. The van der Waals surface area contributed by atoms with Gasteiger partial charge >= 0.3 is 17.9 Å². The Hall–Kier alpha value is -3.41. The second-order valence-corrected chi connectivity index (χ2v) is 20.6. The monoisotopic (exact) mass is 1020 g/mol. The fraction of sp³-hybridized carbons (Fsp3) is 0.746. The molecule has 0 saturated carbocycles.